The Morgan fingerprint density at radius 1 is 1.31 bits per heavy atom. The summed E-state index contributed by atoms with van der Waals surface area (Å²) in [5.41, 5.74) is 0. The Morgan fingerprint density at radius 2 is 1.94 bits per heavy atom. The summed E-state index contributed by atoms with van der Waals surface area (Å²) in [6, 6.07) is 0.216. The number of hydrogen-bond acceptors (Lipinski definition) is 2. The van der Waals surface area contributed by atoms with Gasteiger partial charge in [0, 0.05) is 39.8 Å². The molecule has 0 unspecified atom stereocenters. The average molecular weight is 225 g/mol. The lowest BCUT2D eigenvalue weighted by Crippen LogP contribution is -2.51. The third kappa shape index (κ3) is 2.88. The first-order valence-electron chi connectivity index (χ1n) is 6.48. The van der Waals surface area contributed by atoms with Crippen LogP contribution in [-0.4, -0.2) is 55.6 Å². The molecule has 1 heterocycles. The minimum atomic E-state index is 0.216. The van der Waals surface area contributed by atoms with Crippen molar-refractivity contribution in [2.75, 3.05) is 39.8 Å². The largest absolute Gasteiger partial charge is 0.327 e. The predicted molar refractivity (Wildman–Crippen MR) is 64.4 cm³/mol. The Bertz CT molecular complexity index is 232. The van der Waals surface area contributed by atoms with E-state index in [-0.39, 0.29) is 6.03 Å². The number of carbonyl (C=O) groups is 1. The van der Waals surface area contributed by atoms with Crippen molar-refractivity contribution >= 4 is 6.03 Å². The van der Waals surface area contributed by atoms with Crippen molar-refractivity contribution in [3.05, 3.63) is 0 Å². The molecular weight excluding hydrogens is 202 g/mol. The van der Waals surface area contributed by atoms with Crippen LogP contribution in [0.2, 0.25) is 0 Å². The number of urea groups is 1. The molecule has 0 bridgehead atoms. The summed E-state index contributed by atoms with van der Waals surface area (Å²) in [6.45, 7) is 4.52. The molecule has 0 aromatic heterocycles. The standard InChI is InChI=1S/C12H23N3O/c1-14(10-11-4-2-3-5-11)12(16)15-8-6-13-7-9-15/h11,13H,2-10H2,1H3. The minimum absolute atomic E-state index is 0.216. The fourth-order valence-electron chi connectivity index (χ4n) is 2.76. The Balaban J connectivity index is 1.78. The Hall–Kier alpha value is -0.770. The summed E-state index contributed by atoms with van der Waals surface area (Å²) < 4.78 is 0. The van der Waals surface area contributed by atoms with Crippen molar-refractivity contribution in [1.82, 2.24) is 15.1 Å². The molecule has 0 aromatic carbocycles. The van der Waals surface area contributed by atoms with E-state index in [1.54, 1.807) is 0 Å². The first kappa shape index (κ1) is 11.7. The maximum absolute atomic E-state index is 12.1. The minimum Gasteiger partial charge on any atom is -0.327 e. The van der Waals surface area contributed by atoms with Gasteiger partial charge in [0.2, 0.25) is 0 Å². The zero-order valence-corrected chi connectivity index (χ0v) is 10.2. The molecule has 4 heteroatoms. The van der Waals surface area contributed by atoms with Crippen LogP contribution < -0.4 is 5.32 Å². The van der Waals surface area contributed by atoms with Crippen LogP contribution >= 0.6 is 0 Å². The Labute approximate surface area is 98.0 Å². The number of piperazine rings is 1. The van der Waals surface area contributed by atoms with Gasteiger partial charge in [0.1, 0.15) is 0 Å². The Kier molecular flexibility index (Phi) is 4.04. The molecule has 1 N–H and O–H groups in total. The van der Waals surface area contributed by atoms with Crippen molar-refractivity contribution < 1.29 is 4.79 Å². The highest BCUT2D eigenvalue weighted by Gasteiger charge is 2.23. The van der Waals surface area contributed by atoms with Gasteiger partial charge in [-0.2, -0.15) is 0 Å². The molecule has 4 nitrogen and oxygen atoms in total. The van der Waals surface area contributed by atoms with E-state index < -0.39 is 0 Å². The molecular formula is C12H23N3O. The summed E-state index contributed by atoms with van der Waals surface area (Å²) in [7, 11) is 1.95. The number of nitrogens with one attached hydrogen (secondary N) is 1. The van der Waals surface area contributed by atoms with E-state index in [2.05, 4.69) is 5.32 Å². The van der Waals surface area contributed by atoms with Crippen LogP contribution in [0.25, 0.3) is 0 Å². The maximum Gasteiger partial charge on any atom is 0.319 e. The normalized spacial score (nSPS) is 22.4. The zero-order chi connectivity index (χ0) is 11.4. The predicted octanol–water partition coefficient (Wildman–Crippen LogP) is 1.13. The monoisotopic (exact) mass is 225 g/mol. The molecule has 1 saturated heterocycles. The fraction of sp³-hybridized carbons (Fsp3) is 0.917. The second kappa shape index (κ2) is 5.53. The van der Waals surface area contributed by atoms with Gasteiger partial charge < -0.3 is 15.1 Å². The average Bonchev–Trinajstić information content (AvgIpc) is 2.82. The SMILES string of the molecule is CN(CC1CCCC1)C(=O)N1CCNCC1. The maximum atomic E-state index is 12.1. The van der Waals surface area contributed by atoms with Crippen LogP contribution in [0.4, 0.5) is 4.79 Å². The van der Waals surface area contributed by atoms with E-state index in [1.165, 1.54) is 25.7 Å². The van der Waals surface area contributed by atoms with Crippen LogP contribution in [-0.2, 0) is 0 Å². The van der Waals surface area contributed by atoms with E-state index in [1.807, 2.05) is 16.8 Å². The highest BCUT2D eigenvalue weighted by Crippen LogP contribution is 2.25. The number of hydrogen-bond donors (Lipinski definition) is 1. The van der Waals surface area contributed by atoms with Gasteiger partial charge in [-0.05, 0) is 18.8 Å². The zero-order valence-electron chi connectivity index (χ0n) is 10.2. The molecule has 0 radical (unpaired) electrons. The fourth-order valence-corrected chi connectivity index (χ4v) is 2.76. The van der Waals surface area contributed by atoms with Gasteiger partial charge in [0.15, 0.2) is 0 Å². The van der Waals surface area contributed by atoms with Crippen molar-refractivity contribution in [2.24, 2.45) is 5.92 Å². The van der Waals surface area contributed by atoms with E-state index in [0.29, 0.717) is 0 Å². The van der Waals surface area contributed by atoms with Crippen LogP contribution in [0.5, 0.6) is 0 Å². The van der Waals surface area contributed by atoms with Gasteiger partial charge in [0.25, 0.3) is 0 Å². The van der Waals surface area contributed by atoms with Crippen molar-refractivity contribution in [3.63, 3.8) is 0 Å². The van der Waals surface area contributed by atoms with E-state index in [4.69, 9.17) is 0 Å². The van der Waals surface area contributed by atoms with Gasteiger partial charge in [-0.25, -0.2) is 4.79 Å². The molecule has 2 rings (SSSR count). The number of carbonyl (C=O) groups excluding carboxylic acids is 1. The highest BCUT2D eigenvalue weighted by atomic mass is 16.2. The van der Waals surface area contributed by atoms with Crippen LogP contribution in [0.15, 0.2) is 0 Å². The molecule has 1 aliphatic heterocycles. The summed E-state index contributed by atoms with van der Waals surface area (Å²) in [4.78, 5) is 16.0. The molecule has 16 heavy (non-hydrogen) atoms. The molecule has 0 spiro atoms. The van der Waals surface area contributed by atoms with Crippen molar-refractivity contribution in [1.29, 1.82) is 0 Å². The third-order valence-corrected chi connectivity index (χ3v) is 3.72. The van der Waals surface area contributed by atoms with E-state index in [0.717, 1.165) is 38.6 Å². The Morgan fingerprint density at radius 3 is 2.56 bits per heavy atom. The lowest BCUT2D eigenvalue weighted by molar-refractivity contribution is 0.150. The van der Waals surface area contributed by atoms with Crippen LogP contribution in [0.1, 0.15) is 25.7 Å². The summed E-state index contributed by atoms with van der Waals surface area (Å²) >= 11 is 0. The molecule has 0 atom stereocenters. The van der Waals surface area contributed by atoms with E-state index >= 15 is 0 Å². The van der Waals surface area contributed by atoms with Gasteiger partial charge >= 0.3 is 6.03 Å². The van der Waals surface area contributed by atoms with Crippen LogP contribution in [0.3, 0.4) is 0 Å². The van der Waals surface area contributed by atoms with Gasteiger partial charge in [0.05, 0.1) is 0 Å². The second-order valence-corrected chi connectivity index (χ2v) is 5.05. The molecule has 1 aliphatic carbocycles. The third-order valence-electron chi connectivity index (χ3n) is 3.72. The lowest BCUT2D eigenvalue weighted by atomic mass is 10.1. The van der Waals surface area contributed by atoms with E-state index in [9.17, 15) is 4.79 Å². The topological polar surface area (TPSA) is 35.6 Å². The number of nitrogens with zero attached hydrogens (tertiary/aromatic N) is 2. The van der Waals surface area contributed by atoms with Gasteiger partial charge in [-0.15, -0.1) is 0 Å². The summed E-state index contributed by atoms with van der Waals surface area (Å²) in [5.74, 6) is 0.747. The summed E-state index contributed by atoms with van der Waals surface area (Å²) in [6.07, 6.45) is 5.30. The molecule has 92 valence electrons. The molecule has 2 amide bonds. The first-order valence-corrected chi connectivity index (χ1v) is 6.48. The van der Waals surface area contributed by atoms with Crippen LogP contribution in [0, 0.1) is 5.92 Å². The molecule has 1 saturated carbocycles. The van der Waals surface area contributed by atoms with Gasteiger partial charge in [-0.1, -0.05) is 12.8 Å². The highest BCUT2D eigenvalue weighted by molar-refractivity contribution is 5.74. The molecule has 2 fully saturated rings. The second-order valence-electron chi connectivity index (χ2n) is 5.05. The molecule has 2 aliphatic rings. The quantitative estimate of drug-likeness (QED) is 0.765. The smallest absolute Gasteiger partial charge is 0.319 e. The van der Waals surface area contributed by atoms with Crippen molar-refractivity contribution in [3.8, 4) is 0 Å². The number of rotatable bonds is 2. The summed E-state index contributed by atoms with van der Waals surface area (Å²) in [5, 5.41) is 3.27. The first-order chi connectivity index (χ1) is 7.77. The van der Waals surface area contributed by atoms with Gasteiger partial charge in [-0.3, -0.25) is 0 Å². The number of amides is 2. The molecule has 0 aromatic rings. The van der Waals surface area contributed by atoms with Crippen molar-refractivity contribution in [2.45, 2.75) is 25.7 Å². The lowest BCUT2D eigenvalue weighted by Gasteiger charge is -2.32.